The average molecular weight is 367 g/mol. The molecule has 1 heterocycles. The van der Waals surface area contributed by atoms with E-state index in [9.17, 15) is 13.2 Å². The summed E-state index contributed by atoms with van der Waals surface area (Å²) in [5.41, 5.74) is 1.53. The Kier molecular flexibility index (Phi) is 3.78. The van der Waals surface area contributed by atoms with Crippen LogP contribution in [0.25, 0.3) is 16.9 Å². The van der Waals surface area contributed by atoms with Gasteiger partial charge in [0.1, 0.15) is 0 Å². The average Bonchev–Trinajstić information content (AvgIpc) is 2.89. The van der Waals surface area contributed by atoms with E-state index < -0.39 is 11.7 Å². The van der Waals surface area contributed by atoms with E-state index in [2.05, 4.69) is 21.0 Å². The fraction of sp³-hybridized carbons (Fsp3) is 0.0625. The highest BCUT2D eigenvalue weighted by Crippen LogP contribution is 2.34. The fourth-order valence-corrected chi connectivity index (χ4v) is 2.66. The quantitative estimate of drug-likeness (QED) is 0.600. The Morgan fingerprint density at radius 1 is 0.909 bits per heavy atom. The van der Waals surface area contributed by atoms with Gasteiger partial charge in [-0.1, -0.05) is 30.3 Å². The van der Waals surface area contributed by atoms with Crippen LogP contribution in [0.15, 0.2) is 65.3 Å². The summed E-state index contributed by atoms with van der Waals surface area (Å²) in [6.45, 7) is 0. The summed E-state index contributed by atoms with van der Waals surface area (Å²) in [4.78, 5) is 0. The van der Waals surface area contributed by atoms with Gasteiger partial charge >= 0.3 is 6.18 Å². The van der Waals surface area contributed by atoms with Crippen molar-refractivity contribution in [2.45, 2.75) is 6.18 Å². The maximum absolute atomic E-state index is 12.7. The molecule has 0 spiro atoms. The first-order valence-electron chi connectivity index (χ1n) is 6.43. The molecule has 2 aromatic carbocycles. The van der Waals surface area contributed by atoms with E-state index in [1.807, 2.05) is 30.3 Å². The summed E-state index contributed by atoms with van der Waals surface area (Å²) in [5, 5.41) is 4.28. The molecule has 0 atom stereocenters. The van der Waals surface area contributed by atoms with Crippen LogP contribution >= 0.6 is 15.9 Å². The van der Waals surface area contributed by atoms with Crippen molar-refractivity contribution < 1.29 is 13.2 Å². The van der Waals surface area contributed by atoms with Gasteiger partial charge in [-0.25, -0.2) is 4.68 Å². The molecule has 0 aliphatic rings. The Balaban J connectivity index is 2.08. The van der Waals surface area contributed by atoms with E-state index in [1.165, 1.54) is 12.1 Å². The van der Waals surface area contributed by atoms with E-state index in [0.717, 1.165) is 22.3 Å². The maximum atomic E-state index is 12.7. The van der Waals surface area contributed by atoms with Crippen LogP contribution in [0.3, 0.4) is 0 Å². The van der Waals surface area contributed by atoms with Gasteiger partial charge in [-0.15, -0.1) is 0 Å². The molecule has 3 rings (SSSR count). The molecule has 0 aliphatic heterocycles. The number of alkyl halides is 3. The second-order valence-electron chi connectivity index (χ2n) is 4.66. The van der Waals surface area contributed by atoms with Crippen molar-refractivity contribution in [3.05, 3.63) is 70.8 Å². The number of rotatable bonds is 2. The number of halogens is 4. The van der Waals surface area contributed by atoms with Crippen molar-refractivity contribution in [3.63, 3.8) is 0 Å². The van der Waals surface area contributed by atoms with E-state index in [-0.39, 0.29) is 0 Å². The standard InChI is InChI=1S/C16H10BrF3N2/c17-14-10-21-22(13-4-2-1-3-5-13)15(14)11-6-8-12(9-7-11)16(18,19)20/h1-10H. The van der Waals surface area contributed by atoms with E-state index in [4.69, 9.17) is 0 Å². The molecule has 0 radical (unpaired) electrons. The van der Waals surface area contributed by atoms with Crippen molar-refractivity contribution in [1.29, 1.82) is 0 Å². The first-order valence-corrected chi connectivity index (χ1v) is 7.23. The lowest BCUT2D eigenvalue weighted by Crippen LogP contribution is -2.04. The summed E-state index contributed by atoms with van der Waals surface area (Å²) in [5.74, 6) is 0. The van der Waals surface area contributed by atoms with Crippen LogP contribution < -0.4 is 0 Å². The fourth-order valence-electron chi connectivity index (χ4n) is 2.17. The summed E-state index contributed by atoms with van der Waals surface area (Å²) >= 11 is 3.40. The number of aromatic nitrogens is 2. The summed E-state index contributed by atoms with van der Waals surface area (Å²) in [6.07, 6.45) is -2.71. The molecule has 0 bridgehead atoms. The molecule has 22 heavy (non-hydrogen) atoms. The molecule has 0 amide bonds. The van der Waals surface area contributed by atoms with Gasteiger partial charge in [-0.3, -0.25) is 0 Å². The van der Waals surface area contributed by atoms with Gasteiger partial charge in [-0.2, -0.15) is 18.3 Å². The summed E-state index contributed by atoms with van der Waals surface area (Å²) < 4.78 is 40.4. The minimum Gasteiger partial charge on any atom is -0.232 e. The minimum atomic E-state index is -4.34. The van der Waals surface area contributed by atoms with Crippen molar-refractivity contribution in [2.75, 3.05) is 0 Å². The van der Waals surface area contributed by atoms with Gasteiger partial charge in [-0.05, 0) is 40.2 Å². The Bertz CT molecular complexity index is 777. The van der Waals surface area contributed by atoms with Crippen LogP contribution in [0.1, 0.15) is 5.56 Å². The predicted octanol–water partition coefficient (Wildman–Crippen LogP) is 5.32. The van der Waals surface area contributed by atoms with Crippen LogP contribution in [0, 0.1) is 0 Å². The maximum Gasteiger partial charge on any atom is 0.416 e. The van der Waals surface area contributed by atoms with Crippen LogP contribution in [0.4, 0.5) is 13.2 Å². The lowest BCUT2D eigenvalue weighted by Gasteiger charge is -2.10. The third kappa shape index (κ3) is 2.78. The van der Waals surface area contributed by atoms with Crippen LogP contribution in [-0.4, -0.2) is 9.78 Å². The Hall–Kier alpha value is -2.08. The molecule has 1 aromatic heterocycles. The summed E-state index contributed by atoms with van der Waals surface area (Å²) in [7, 11) is 0. The second-order valence-corrected chi connectivity index (χ2v) is 5.52. The first-order chi connectivity index (χ1) is 10.5. The molecular formula is C16H10BrF3N2. The number of benzene rings is 2. The monoisotopic (exact) mass is 366 g/mol. The number of hydrogen-bond acceptors (Lipinski definition) is 1. The second kappa shape index (κ2) is 5.61. The molecule has 3 aromatic rings. The van der Waals surface area contributed by atoms with Crippen LogP contribution in [-0.2, 0) is 6.18 Å². The largest absolute Gasteiger partial charge is 0.416 e. The molecule has 0 saturated carbocycles. The van der Waals surface area contributed by atoms with Crippen LogP contribution in [0.2, 0.25) is 0 Å². The molecular weight excluding hydrogens is 357 g/mol. The van der Waals surface area contributed by atoms with Crippen molar-refractivity contribution in [2.24, 2.45) is 0 Å². The first kappa shape index (κ1) is 14.8. The highest BCUT2D eigenvalue weighted by molar-refractivity contribution is 9.10. The SMILES string of the molecule is FC(F)(F)c1ccc(-c2c(Br)cnn2-c2ccccc2)cc1. The Morgan fingerprint density at radius 2 is 1.55 bits per heavy atom. The van der Waals surface area contributed by atoms with E-state index in [1.54, 1.807) is 10.9 Å². The number of hydrogen-bond donors (Lipinski definition) is 0. The third-order valence-corrected chi connectivity index (χ3v) is 3.79. The van der Waals surface area contributed by atoms with Crippen molar-refractivity contribution >= 4 is 15.9 Å². The highest BCUT2D eigenvalue weighted by Gasteiger charge is 2.30. The van der Waals surface area contributed by atoms with Gasteiger partial charge in [0.15, 0.2) is 0 Å². The minimum absolute atomic E-state index is 0.654. The zero-order valence-electron chi connectivity index (χ0n) is 11.2. The molecule has 2 nitrogen and oxygen atoms in total. The molecule has 0 saturated heterocycles. The zero-order chi connectivity index (χ0) is 15.7. The molecule has 0 unspecified atom stereocenters. The number of nitrogens with zero attached hydrogens (tertiary/aromatic N) is 2. The topological polar surface area (TPSA) is 17.8 Å². The third-order valence-electron chi connectivity index (χ3n) is 3.21. The molecule has 112 valence electrons. The lowest BCUT2D eigenvalue weighted by molar-refractivity contribution is -0.137. The number of para-hydroxylation sites is 1. The zero-order valence-corrected chi connectivity index (χ0v) is 12.8. The normalized spacial score (nSPS) is 11.6. The lowest BCUT2D eigenvalue weighted by atomic mass is 10.1. The van der Waals surface area contributed by atoms with Crippen molar-refractivity contribution in [3.8, 4) is 16.9 Å². The molecule has 6 heteroatoms. The van der Waals surface area contributed by atoms with Gasteiger partial charge in [0, 0.05) is 5.56 Å². The van der Waals surface area contributed by atoms with Gasteiger partial charge < -0.3 is 0 Å². The van der Waals surface area contributed by atoms with Gasteiger partial charge in [0.25, 0.3) is 0 Å². The van der Waals surface area contributed by atoms with E-state index in [0.29, 0.717) is 11.3 Å². The van der Waals surface area contributed by atoms with Gasteiger partial charge in [0.05, 0.1) is 27.6 Å². The molecule has 0 N–H and O–H groups in total. The smallest absolute Gasteiger partial charge is 0.232 e. The molecule has 0 fully saturated rings. The molecule has 0 aliphatic carbocycles. The highest BCUT2D eigenvalue weighted by atomic mass is 79.9. The Labute approximate surface area is 133 Å². The predicted molar refractivity (Wildman–Crippen MR) is 81.7 cm³/mol. The Morgan fingerprint density at radius 3 is 2.14 bits per heavy atom. The summed E-state index contributed by atoms with van der Waals surface area (Å²) in [6, 6.07) is 14.4. The van der Waals surface area contributed by atoms with Gasteiger partial charge in [0.2, 0.25) is 0 Å². The van der Waals surface area contributed by atoms with Crippen LogP contribution in [0.5, 0.6) is 0 Å². The van der Waals surface area contributed by atoms with Crippen molar-refractivity contribution in [1.82, 2.24) is 9.78 Å². The van der Waals surface area contributed by atoms with E-state index >= 15 is 0 Å².